The molecule has 1 aliphatic rings. The normalized spacial score (nSPS) is 25.9. The Morgan fingerprint density at radius 2 is 2.38 bits per heavy atom. The van der Waals surface area contributed by atoms with Crippen molar-refractivity contribution in [3.05, 3.63) is 18.6 Å². The van der Waals surface area contributed by atoms with E-state index in [9.17, 15) is 0 Å². The minimum absolute atomic E-state index is 0. The van der Waals surface area contributed by atoms with E-state index in [1.807, 2.05) is 0 Å². The van der Waals surface area contributed by atoms with Crippen molar-refractivity contribution in [2.24, 2.45) is 5.92 Å². The van der Waals surface area contributed by atoms with Crippen molar-refractivity contribution in [3.8, 4) is 0 Å². The van der Waals surface area contributed by atoms with Gasteiger partial charge in [-0.1, -0.05) is 19.3 Å². The van der Waals surface area contributed by atoms with Crippen molar-refractivity contribution < 1.29 is 32.7 Å². The van der Waals surface area contributed by atoms with Crippen molar-refractivity contribution in [3.63, 3.8) is 0 Å². The summed E-state index contributed by atoms with van der Waals surface area (Å²) in [6.07, 6.45) is 9.26. The monoisotopic (exact) mass is 184 g/mol. The van der Waals surface area contributed by atoms with Crippen molar-refractivity contribution >= 4 is 0 Å². The Morgan fingerprint density at radius 3 is 2.62 bits per heavy atom. The van der Waals surface area contributed by atoms with Crippen LogP contribution in [0.3, 0.4) is 0 Å². The van der Waals surface area contributed by atoms with Crippen LogP contribution in [0.2, 0.25) is 0 Å². The first-order valence-corrected chi connectivity index (χ1v) is 2.89. The van der Waals surface area contributed by atoms with Gasteiger partial charge in [0.25, 0.3) is 0 Å². The summed E-state index contributed by atoms with van der Waals surface area (Å²) in [7, 11) is 0. The third kappa shape index (κ3) is 2.89. The molecule has 0 saturated carbocycles. The van der Waals surface area contributed by atoms with Gasteiger partial charge in [-0.15, -0.1) is 6.42 Å². The van der Waals surface area contributed by atoms with Crippen LogP contribution in [0.1, 0.15) is 19.8 Å². The maximum Gasteiger partial charge on any atom is 0 e. The molecular weight excluding hydrogens is 173 g/mol. The summed E-state index contributed by atoms with van der Waals surface area (Å²) in [5, 5.41) is 0. The number of allylic oxidation sites excluding steroid dienone is 2. The van der Waals surface area contributed by atoms with Crippen molar-refractivity contribution in [1.29, 1.82) is 0 Å². The Hall–Kier alpha value is 0.714. The van der Waals surface area contributed by atoms with E-state index in [4.69, 9.17) is 0 Å². The van der Waals surface area contributed by atoms with E-state index >= 15 is 0 Å². The second kappa shape index (κ2) is 4.58. The van der Waals surface area contributed by atoms with Crippen LogP contribution in [0.5, 0.6) is 0 Å². The first-order valence-electron chi connectivity index (χ1n) is 2.89. The van der Waals surface area contributed by atoms with Gasteiger partial charge in [-0.25, -0.2) is 18.6 Å². The Balaban J connectivity index is 0.000000490. The minimum atomic E-state index is 0. The van der Waals surface area contributed by atoms with Crippen LogP contribution in [0.15, 0.2) is 12.2 Å². The fourth-order valence-electron chi connectivity index (χ4n) is 0.820. The molecule has 0 spiro atoms. The zero-order chi connectivity index (χ0) is 5.11. The molecule has 43 valence electrons. The number of rotatable bonds is 0. The molecule has 0 bridgehead atoms. The predicted octanol–water partition coefficient (Wildman–Crippen LogP) is 2.17. The fraction of sp³-hybridized carbons (Fsp3) is 0.571. The van der Waals surface area contributed by atoms with Gasteiger partial charge in [0.15, 0.2) is 0 Å². The molecule has 0 amide bonds. The van der Waals surface area contributed by atoms with Crippen molar-refractivity contribution in [2.45, 2.75) is 19.8 Å². The minimum Gasteiger partial charge on any atom is -0.232 e. The maximum atomic E-state index is 2.25. The third-order valence-corrected chi connectivity index (χ3v) is 1.36. The molecule has 1 aliphatic carbocycles. The molecule has 1 heteroatoms. The third-order valence-electron chi connectivity index (χ3n) is 1.36. The summed E-state index contributed by atoms with van der Waals surface area (Å²) >= 11 is 0. The molecule has 8 heavy (non-hydrogen) atoms. The van der Waals surface area contributed by atoms with Gasteiger partial charge in [-0.2, -0.15) is 0 Å². The van der Waals surface area contributed by atoms with Gasteiger partial charge in [-0.05, 0) is 0 Å². The molecule has 1 rings (SSSR count). The molecular formula is C7H11Y-. The van der Waals surface area contributed by atoms with Gasteiger partial charge < -0.3 is 0 Å². The molecule has 1 unspecified atom stereocenters. The van der Waals surface area contributed by atoms with E-state index in [1.165, 1.54) is 12.8 Å². The van der Waals surface area contributed by atoms with E-state index in [0.29, 0.717) is 0 Å². The van der Waals surface area contributed by atoms with Crippen molar-refractivity contribution in [2.75, 3.05) is 0 Å². The van der Waals surface area contributed by atoms with Gasteiger partial charge in [0.05, 0.1) is 0 Å². The van der Waals surface area contributed by atoms with E-state index < -0.39 is 0 Å². The molecule has 0 nitrogen and oxygen atoms in total. The molecule has 0 N–H and O–H groups in total. The quantitative estimate of drug-likeness (QED) is 0.506. The molecule has 1 radical (unpaired) electrons. The van der Waals surface area contributed by atoms with Crippen LogP contribution < -0.4 is 0 Å². The topological polar surface area (TPSA) is 0 Å². The van der Waals surface area contributed by atoms with Gasteiger partial charge >= 0.3 is 0 Å². The Kier molecular flexibility index (Phi) is 4.99. The molecule has 0 heterocycles. The molecule has 0 aromatic heterocycles. The van der Waals surface area contributed by atoms with Crippen molar-refractivity contribution in [1.82, 2.24) is 0 Å². The summed E-state index contributed by atoms with van der Waals surface area (Å²) in [6, 6.07) is 0. The van der Waals surface area contributed by atoms with Gasteiger partial charge in [0, 0.05) is 32.7 Å². The smallest absolute Gasteiger partial charge is 0 e. The Labute approximate surface area is 76.6 Å². The first kappa shape index (κ1) is 8.71. The van der Waals surface area contributed by atoms with Crippen LogP contribution in [0, 0.1) is 12.3 Å². The molecule has 0 fully saturated rings. The predicted molar refractivity (Wildman–Crippen MR) is 31.8 cm³/mol. The maximum absolute atomic E-state index is 2.25. The van der Waals surface area contributed by atoms with Gasteiger partial charge in [-0.3, -0.25) is 0 Å². The van der Waals surface area contributed by atoms with E-state index in [0.717, 1.165) is 5.92 Å². The second-order valence-electron chi connectivity index (χ2n) is 2.18. The van der Waals surface area contributed by atoms with Crippen LogP contribution in [-0.4, -0.2) is 0 Å². The average Bonchev–Trinajstić information content (AvgIpc) is 1.69. The van der Waals surface area contributed by atoms with Gasteiger partial charge in [0.1, 0.15) is 0 Å². The molecule has 0 aromatic rings. The van der Waals surface area contributed by atoms with Crippen LogP contribution in [0.25, 0.3) is 0 Å². The molecule has 0 saturated heterocycles. The zero-order valence-electron chi connectivity index (χ0n) is 5.30. The number of hydrogen-bond acceptors (Lipinski definition) is 0. The molecule has 0 aromatic carbocycles. The van der Waals surface area contributed by atoms with Crippen LogP contribution >= 0.6 is 0 Å². The molecule has 0 aliphatic heterocycles. The summed E-state index contributed by atoms with van der Waals surface area (Å²) < 4.78 is 0. The standard InChI is InChI=1S/C7H11.Y/c1-7-5-3-2-4-6-7;/h2-3,5,7H,4,6H2,1H3;/q-1;. The van der Waals surface area contributed by atoms with E-state index in [2.05, 4.69) is 25.5 Å². The largest absolute Gasteiger partial charge is 0.232 e. The SMILES string of the molecule is CC1C=C[CH-]CC1.[Y]. The summed E-state index contributed by atoms with van der Waals surface area (Å²) in [5.74, 6) is 0.824. The Bertz CT molecular complexity index is 76.5. The summed E-state index contributed by atoms with van der Waals surface area (Å²) in [5.41, 5.74) is 0. The fourth-order valence-corrected chi connectivity index (χ4v) is 0.820. The summed E-state index contributed by atoms with van der Waals surface area (Å²) in [4.78, 5) is 0. The average molecular weight is 184 g/mol. The number of hydrogen-bond donors (Lipinski definition) is 0. The summed E-state index contributed by atoms with van der Waals surface area (Å²) in [6.45, 7) is 2.25. The second-order valence-corrected chi connectivity index (χ2v) is 2.18. The van der Waals surface area contributed by atoms with E-state index in [-0.39, 0.29) is 32.7 Å². The van der Waals surface area contributed by atoms with Gasteiger partial charge in [0.2, 0.25) is 0 Å². The zero-order valence-corrected chi connectivity index (χ0v) is 8.14. The van der Waals surface area contributed by atoms with Crippen LogP contribution in [-0.2, 0) is 32.7 Å². The molecule has 1 atom stereocenters. The van der Waals surface area contributed by atoms with E-state index in [1.54, 1.807) is 0 Å². The Morgan fingerprint density at radius 1 is 1.62 bits per heavy atom. The van der Waals surface area contributed by atoms with Crippen LogP contribution in [0.4, 0.5) is 0 Å². The first-order chi connectivity index (χ1) is 3.39.